The molecule has 1 heterocycles. The molecule has 3 N–H and O–H groups in total. The first-order valence-electron chi connectivity index (χ1n) is 5.45. The summed E-state index contributed by atoms with van der Waals surface area (Å²) < 4.78 is 18.3. The molecule has 5 heteroatoms. The summed E-state index contributed by atoms with van der Waals surface area (Å²) in [5.74, 6) is 5.35. The third kappa shape index (κ3) is 2.47. The van der Waals surface area contributed by atoms with Gasteiger partial charge in [0.15, 0.2) is 11.6 Å². The van der Waals surface area contributed by atoms with Crippen molar-refractivity contribution in [3.8, 4) is 5.75 Å². The zero-order chi connectivity index (χ0) is 13.0. The maximum Gasteiger partial charge on any atom is 0.165 e. The fourth-order valence-corrected chi connectivity index (χ4v) is 1.79. The minimum absolute atomic E-state index is 0.191. The quantitative estimate of drug-likeness (QED) is 0.638. The Hall–Kier alpha value is -1.98. The zero-order valence-electron chi connectivity index (χ0n) is 9.93. The van der Waals surface area contributed by atoms with Gasteiger partial charge in [0.1, 0.15) is 0 Å². The molecule has 1 aromatic carbocycles. The van der Waals surface area contributed by atoms with Gasteiger partial charge in [0, 0.05) is 12.4 Å². The van der Waals surface area contributed by atoms with Crippen LogP contribution < -0.4 is 16.0 Å². The van der Waals surface area contributed by atoms with Crippen molar-refractivity contribution in [2.24, 2.45) is 5.84 Å². The highest BCUT2D eigenvalue weighted by Crippen LogP contribution is 2.26. The highest BCUT2D eigenvalue weighted by Gasteiger charge is 2.14. The number of nitrogens with one attached hydrogen (secondary N) is 1. The van der Waals surface area contributed by atoms with E-state index in [0.717, 1.165) is 11.1 Å². The third-order valence-corrected chi connectivity index (χ3v) is 2.69. The first-order chi connectivity index (χ1) is 8.76. The molecule has 0 bridgehead atoms. The highest BCUT2D eigenvalue weighted by molar-refractivity contribution is 5.36. The average Bonchev–Trinajstić information content (AvgIpc) is 2.42. The van der Waals surface area contributed by atoms with Gasteiger partial charge in [-0.3, -0.25) is 10.8 Å². The topological polar surface area (TPSA) is 60.2 Å². The van der Waals surface area contributed by atoms with E-state index in [-0.39, 0.29) is 11.8 Å². The van der Waals surface area contributed by atoms with E-state index in [2.05, 4.69) is 10.4 Å². The molecule has 0 aliphatic rings. The monoisotopic (exact) mass is 247 g/mol. The molecule has 0 spiro atoms. The van der Waals surface area contributed by atoms with Crippen molar-refractivity contribution < 1.29 is 9.13 Å². The summed E-state index contributed by atoms with van der Waals surface area (Å²) in [7, 11) is 1.43. The summed E-state index contributed by atoms with van der Waals surface area (Å²) in [5, 5.41) is 0. The molecule has 0 fully saturated rings. The zero-order valence-corrected chi connectivity index (χ0v) is 9.93. The molecular weight excluding hydrogens is 233 g/mol. The minimum atomic E-state index is -0.400. The standard InChI is InChI=1S/C13H14FN3O/c1-18-12-7-9(4-5-11(12)14)13(17-15)10-3-2-6-16-8-10/h2-8,13,17H,15H2,1H3. The van der Waals surface area contributed by atoms with Gasteiger partial charge in [-0.05, 0) is 29.3 Å². The summed E-state index contributed by atoms with van der Waals surface area (Å²) in [6, 6.07) is 8.10. The molecule has 18 heavy (non-hydrogen) atoms. The number of pyridine rings is 1. The lowest BCUT2D eigenvalue weighted by Crippen LogP contribution is -2.28. The second kappa shape index (κ2) is 5.57. The fraction of sp³-hybridized carbons (Fsp3) is 0.154. The second-order valence-corrected chi connectivity index (χ2v) is 3.78. The summed E-state index contributed by atoms with van der Waals surface area (Å²) in [6.07, 6.45) is 3.39. The Balaban J connectivity index is 2.39. The van der Waals surface area contributed by atoms with E-state index in [9.17, 15) is 4.39 Å². The molecule has 4 nitrogen and oxygen atoms in total. The molecule has 1 atom stereocenters. The maximum atomic E-state index is 13.4. The lowest BCUT2D eigenvalue weighted by atomic mass is 10.0. The first kappa shape index (κ1) is 12.5. The van der Waals surface area contributed by atoms with Gasteiger partial charge >= 0.3 is 0 Å². The fourth-order valence-electron chi connectivity index (χ4n) is 1.79. The molecule has 94 valence electrons. The van der Waals surface area contributed by atoms with E-state index in [4.69, 9.17) is 10.6 Å². The number of nitrogens with two attached hydrogens (primary N) is 1. The highest BCUT2D eigenvalue weighted by atomic mass is 19.1. The molecule has 0 amide bonds. The molecule has 2 aromatic rings. The van der Waals surface area contributed by atoms with Crippen LogP contribution in [0.25, 0.3) is 0 Å². The van der Waals surface area contributed by atoms with Gasteiger partial charge < -0.3 is 4.74 Å². The molecule has 1 aromatic heterocycles. The molecule has 2 rings (SSSR count). The minimum Gasteiger partial charge on any atom is -0.494 e. The Labute approximate surface area is 105 Å². The van der Waals surface area contributed by atoms with Crippen molar-refractivity contribution in [3.05, 3.63) is 59.7 Å². The van der Waals surface area contributed by atoms with Crippen molar-refractivity contribution in [1.82, 2.24) is 10.4 Å². The lowest BCUT2D eigenvalue weighted by Gasteiger charge is -2.17. The van der Waals surface area contributed by atoms with Gasteiger partial charge in [-0.1, -0.05) is 12.1 Å². The van der Waals surface area contributed by atoms with Gasteiger partial charge in [0.05, 0.1) is 13.2 Å². The molecule has 0 aliphatic carbocycles. The Morgan fingerprint density at radius 1 is 1.33 bits per heavy atom. The number of rotatable bonds is 4. The van der Waals surface area contributed by atoms with Crippen LogP contribution in [0.3, 0.4) is 0 Å². The number of ether oxygens (including phenoxy) is 1. The van der Waals surface area contributed by atoms with E-state index < -0.39 is 5.82 Å². The van der Waals surface area contributed by atoms with Gasteiger partial charge in [-0.2, -0.15) is 0 Å². The SMILES string of the molecule is COc1cc(C(NN)c2cccnc2)ccc1F. The van der Waals surface area contributed by atoms with Crippen LogP contribution >= 0.6 is 0 Å². The average molecular weight is 247 g/mol. The predicted octanol–water partition coefficient (Wildman–Crippen LogP) is 1.78. The van der Waals surface area contributed by atoms with Crippen LogP contribution in [-0.4, -0.2) is 12.1 Å². The van der Waals surface area contributed by atoms with Crippen molar-refractivity contribution in [2.75, 3.05) is 7.11 Å². The van der Waals surface area contributed by atoms with E-state index in [1.165, 1.54) is 13.2 Å². The van der Waals surface area contributed by atoms with Crippen LogP contribution in [0.1, 0.15) is 17.2 Å². The normalized spacial score (nSPS) is 12.2. The van der Waals surface area contributed by atoms with Gasteiger partial charge in [0.2, 0.25) is 0 Å². The molecular formula is C13H14FN3O. The Bertz CT molecular complexity index is 519. The largest absolute Gasteiger partial charge is 0.494 e. The van der Waals surface area contributed by atoms with Crippen molar-refractivity contribution in [2.45, 2.75) is 6.04 Å². The number of nitrogens with zero attached hydrogens (tertiary/aromatic N) is 1. The van der Waals surface area contributed by atoms with E-state index in [0.29, 0.717) is 0 Å². The summed E-state index contributed by atoms with van der Waals surface area (Å²) >= 11 is 0. The van der Waals surface area contributed by atoms with Gasteiger partial charge in [0.25, 0.3) is 0 Å². The number of hydrogen-bond donors (Lipinski definition) is 2. The van der Waals surface area contributed by atoms with Crippen molar-refractivity contribution in [3.63, 3.8) is 0 Å². The smallest absolute Gasteiger partial charge is 0.165 e. The third-order valence-electron chi connectivity index (χ3n) is 2.69. The molecule has 0 saturated heterocycles. The molecule has 0 saturated carbocycles. The Morgan fingerprint density at radius 3 is 2.78 bits per heavy atom. The number of hydrazine groups is 1. The van der Waals surface area contributed by atoms with Crippen molar-refractivity contribution in [1.29, 1.82) is 0 Å². The first-order valence-corrected chi connectivity index (χ1v) is 5.45. The molecule has 0 radical (unpaired) electrons. The van der Waals surface area contributed by atoms with Crippen molar-refractivity contribution >= 4 is 0 Å². The summed E-state index contributed by atoms with van der Waals surface area (Å²) in [6.45, 7) is 0. The second-order valence-electron chi connectivity index (χ2n) is 3.78. The number of aromatic nitrogens is 1. The number of methoxy groups -OCH3 is 1. The predicted molar refractivity (Wildman–Crippen MR) is 66.4 cm³/mol. The van der Waals surface area contributed by atoms with E-state index >= 15 is 0 Å². The number of halogens is 1. The molecule has 1 unspecified atom stereocenters. The maximum absolute atomic E-state index is 13.4. The van der Waals surface area contributed by atoms with Crippen LogP contribution in [0.15, 0.2) is 42.7 Å². The van der Waals surface area contributed by atoms with Gasteiger partial charge in [-0.25, -0.2) is 9.82 Å². The number of benzene rings is 1. The lowest BCUT2D eigenvalue weighted by molar-refractivity contribution is 0.385. The Morgan fingerprint density at radius 2 is 2.17 bits per heavy atom. The van der Waals surface area contributed by atoms with Crippen LogP contribution in [0.5, 0.6) is 5.75 Å². The van der Waals surface area contributed by atoms with E-state index in [1.54, 1.807) is 24.5 Å². The van der Waals surface area contributed by atoms with Crippen LogP contribution in [0, 0.1) is 5.82 Å². The van der Waals surface area contributed by atoms with E-state index in [1.807, 2.05) is 12.1 Å². The van der Waals surface area contributed by atoms with Crippen LogP contribution in [0.4, 0.5) is 4.39 Å². The van der Waals surface area contributed by atoms with Crippen LogP contribution in [0.2, 0.25) is 0 Å². The van der Waals surface area contributed by atoms with Gasteiger partial charge in [-0.15, -0.1) is 0 Å². The summed E-state index contributed by atoms with van der Waals surface area (Å²) in [4.78, 5) is 4.04. The number of hydrogen-bond acceptors (Lipinski definition) is 4. The summed E-state index contributed by atoms with van der Waals surface area (Å²) in [5.41, 5.74) is 4.39. The Kier molecular flexibility index (Phi) is 3.86. The van der Waals surface area contributed by atoms with Crippen LogP contribution in [-0.2, 0) is 0 Å². The molecule has 0 aliphatic heterocycles.